The Morgan fingerprint density at radius 1 is 1.12 bits per heavy atom. The van der Waals surface area contributed by atoms with Gasteiger partial charge in [-0.2, -0.15) is 4.31 Å². The molecule has 134 valence electrons. The standard InChI is InChI=1S/C19H24N2O3S/c1-5-16-8-6-7-9-17(16)20-19(22)13-21(4)25(23,24)18-11-10-14(2)12-15(18)3/h6-12H,5,13H2,1-4H3,(H,20,22). The Morgan fingerprint density at radius 2 is 1.80 bits per heavy atom. The Balaban J connectivity index is 2.15. The number of sulfonamides is 1. The Labute approximate surface area is 149 Å². The lowest BCUT2D eigenvalue weighted by Crippen LogP contribution is -2.35. The fraction of sp³-hybridized carbons (Fsp3) is 0.316. The third-order valence-electron chi connectivity index (χ3n) is 4.06. The van der Waals surface area contributed by atoms with Gasteiger partial charge in [0.25, 0.3) is 0 Å². The highest BCUT2D eigenvalue weighted by atomic mass is 32.2. The molecule has 0 heterocycles. The molecular formula is C19H24N2O3S. The molecule has 1 N–H and O–H groups in total. The van der Waals surface area contributed by atoms with E-state index in [0.717, 1.165) is 21.9 Å². The summed E-state index contributed by atoms with van der Waals surface area (Å²) in [5.41, 5.74) is 3.39. The summed E-state index contributed by atoms with van der Waals surface area (Å²) in [5.74, 6) is -0.364. The van der Waals surface area contributed by atoms with E-state index >= 15 is 0 Å². The maximum atomic E-state index is 12.7. The van der Waals surface area contributed by atoms with Gasteiger partial charge < -0.3 is 5.32 Å². The third-order valence-corrected chi connectivity index (χ3v) is 6.02. The fourth-order valence-corrected chi connectivity index (χ4v) is 4.01. The third kappa shape index (κ3) is 4.46. The number of nitrogens with one attached hydrogen (secondary N) is 1. The summed E-state index contributed by atoms with van der Waals surface area (Å²) in [6.07, 6.45) is 0.785. The number of carbonyl (C=O) groups excluding carboxylic acids is 1. The summed E-state index contributed by atoms with van der Waals surface area (Å²) in [5, 5.41) is 2.79. The van der Waals surface area contributed by atoms with Crippen LogP contribution in [0.2, 0.25) is 0 Å². The van der Waals surface area contributed by atoms with Gasteiger partial charge in [0, 0.05) is 12.7 Å². The van der Waals surface area contributed by atoms with Crippen LogP contribution in [-0.4, -0.2) is 32.2 Å². The monoisotopic (exact) mass is 360 g/mol. The predicted octanol–water partition coefficient (Wildman–Crippen LogP) is 3.13. The zero-order valence-corrected chi connectivity index (χ0v) is 15.9. The second-order valence-corrected chi connectivity index (χ2v) is 8.10. The molecule has 5 nitrogen and oxygen atoms in total. The summed E-state index contributed by atoms with van der Waals surface area (Å²) >= 11 is 0. The molecule has 0 aromatic heterocycles. The van der Waals surface area contributed by atoms with Gasteiger partial charge in [-0.05, 0) is 43.5 Å². The Morgan fingerprint density at radius 3 is 2.44 bits per heavy atom. The van der Waals surface area contributed by atoms with E-state index in [4.69, 9.17) is 0 Å². The maximum Gasteiger partial charge on any atom is 0.243 e. The number of carbonyl (C=O) groups is 1. The number of likely N-dealkylation sites (N-methyl/N-ethyl adjacent to an activating group) is 1. The van der Waals surface area contributed by atoms with Crippen molar-refractivity contribution in [2.75, 3.05) is 18.9 Å². The lowest BCUT2D eigenvalue weighted by Gasteiger charge is -2.19. The van der Waals surface area contributed by atoms with Gasteiger partial charge in [-0.1, -0.05) is 42.8 Å². The van der Waals surface area contributed by atoms with E-state index < -0.39 is 10.0 Å². The number of anilines is 1. The van der Waals surface area contributed by atoms with Crippen LogP contribution >= 0.6 is 0 Å². The zero-order chi connectivity index (χ0) is 18.6. The minimum Gasteiger partial charge on any atom is -0.325 e. The number of aryl methyl sites for hydroxylation is 3. The molecule has 0 aliphatic heterocycles. The van der Waals surface area contributed by atoms with Crippen LogP contribution in [0.4, 0.5) is 5.69 Å². The minimum atomic E-state index is -3.72. The van der Waals surface area contributed by atoms with Crippen LogP contribution in [0.3, 0.4) is 0 Å². The van der Waals surface area contributed by atoms with Crippen molar-refractivity contribution in [2.45, 2.75) is 32.1 Å². The Bertz CT molecular complexity index is 876. The van der Waals surface area contributed by atoms with E-state index in [1.165, 1.54) is 7.05 Å². The molecule has 1 amide bonds. The molecule has 0 unspecified atom stereocenters. The zero-order valence-electron chi connectivity index (χ0n) is 15.0. The van der Waals surface area contributed by atoms with Crippen LogP contribution in [0, 0.1) is 13.8 Å². The number of hydrogen-bond acceptors (Lipinski definition) is 3. The smallest absolute Gasteiger partial charge is 0.243 e. The van der Waals surface area contributed by atoms with Crippen molar-refractivity contribution in [3.8, 4) is 0 Å². The van der Waals surface area contributed by atoms with Crippen molar-refractivity contribution in [2.24, 2.45) is 0 Å². The van der Waals surface area contributed by atoms with Gasteiger partial charge in [-0.3, -0.25) is 4.79 Å². The summed E-state index contributed by atoms with van der Waals surface area (Å²) in [7, 11) is -2.30. The number of hydrogen-bond donors (Lipinski definition) is 1. The molecule has 2 aromatic rings. The van der Waals surface area contributed by atoms with Gasteiger partial charge in [0.2, 0.25) is 15.9 Å². The van der Waals surface area contributed by atoms with Gasteiger partial charge in [0.1, 0.15) is 0 Å². The summed E-state index contributed by atoms with van der Waals surface area (Å²) < 4.78 is 26.5. The van der Waals surface area contributed by atoms with E-state index in [1.54, 1.807) is 19.1 Å². The number of nitrogens with zero attached hydrogens (tertiary/aromatic N) is 1. The van der Waals surface area contributed by atoms with Gasteiger partial charge in [0.05, 0.1) is 11.4 Å². The number of rotatable bonds is 6. The fourth-order valence-electron chi connectivity index (χ4n) is 2.68. The molecule has 0 bridgehead atoms. The first kappa shape index (κ1) is 19.1. The first-order valence-corrected chi connectivity index (χ1v) is 9.61. The van der Waals surface area contributed by atoms with Crippen LogP contribution in [0.25, 0.3) is 0 Å². The highest BCUT2D eigenvalue weighted by molar-refractivity contribution is 7.89. The largest absolute Gasteiger partial charge is 0.325 e. The number of amides is 1. The van der Waals surface area contributed by atoms with Crippen LogP contribution < -0.4 is 5.32 Å². The molecule has 6 heteroatoms. The van der Waals surface area contributed by atoms with Gasteiger partial charge >= 0.3 is 0 Å². The molecule has 0 saturated carbocycles. The molecule has 0 atom stereocenters. The second kappa shape index (κ2) is 7.80. The maximum absolute atomic E-state index is 12.7. The lowest BCUT2D eigenvalue weighted by atomic mass is 10.1. The van der Waals surface area contributed by atoms with Gasteiger partial charge in [-0.25, -0.2) is 8.42 Å². The van der Waals surface area contributed by atoms with E-state index in [9.17, 15) is 13.2 Å². The average molecular weight is 360 g/mol. The highest BCUT2D eigenvalue weighted by Gasteiger charge is 2.24. The van der Waals surface area contributed by atoms with Crippen molar-refractivity contribution in [1.29, 1.82) is 0 Å². The molecule has 0 aliphatic carbocycles. The SMILES string of the molecule is CCc1ccccc1NC(=O)CN(C)S(=O)(=O)c1ccc(C)cc1C. The van der Waals surface area contributed by atoms with E-state index in [2.05, 4.69) is 5.32 Å². The highest BCUT2D eigenvalue weighted by Crippen LogP contribution is 2.20. The predicted molar refractivity (Wildman–Crippen MR) is 100 cm³/mol. The topological polar surface area (TPSA) is 66.5 Å². The molecule has 0 radical (unpaired) electrons. The molecule has 2 rings (SSSR count). The molecule has 0 fully saturated rings. The Hall–Kier alpha value is -2.18. The van der Waals surface area contributed by atoms with Gasteiger partial charge in [-0.15, -0.1) is 0 Å². The summed E-state index contributed by atoms with van der Waals surface area (Å²) in [6.45, 7) is 5.42. The Kier molecular flexibility index (Phi) is 5.98. The average Bonchev–Trinajstić information content (AvgIpc) is 2.54. The summed E-state index contributed by atoms with van der Waals surface area (Å²) in [6, 6.07) is 12.7. The van der Waals surface area contributed by atoms with E-state index in [0.29, 0.717) is 11.3 Å². The van der Waals surface area contributed by atoms with E-state index in [-0.39, 0.29) is 17.3 Å². The van der Waals surface area contributed by atoms with Crippen molar-refractivity contribution < 1.29 is 13.2 Å². The molecule has 2 aromatic carbocycles. The van der Waals surface area contributed by atoms with Crippen molar-refractivity contribution in [3.63, 3.8) is 0 Å². The van der Waals surface area contributed by atoms with Crippen LogP contribution in [-0.2, 0) is 21.2 Å². The molecular weight excluding hydrogens is 336 g/mol. The van der Waals surface area contributed by atoms with Crippen LogP contribution in [0.15, 0.2) is 47.4 Å². The van der Waals surface area contributed by atoms with E-state index in [1.807, 2.05) is 44.2 Å². The van der Waals surface area contributed by atoms with Crippen molar-refractivity contribution in [1.82, 2.24) is 4.31 Å². The lowest BCUT2D eigenvalue weighted by molar-refractivity contribution is -0.116. The summed E-state index contributed by atoms with van der Waals surface area (Å²) in [4.78, 5) is 12.5. The van der Waals surface area contributed by atoms with Crippen molar-refractivity contribution >= 4 is 21.6 Å². The second-order valence-electron chi connectivity index (χ2n) is 6.09. The normalized spacial score (nSPS) is 11.6. The number of benzene rings is 2. The minimum absolute atomic E-state index is 0.224. The molecule has 0 aliphatic rings. The first-order chi connectivity index (χ1) is 11.8. The quantitative estimate of drug-likeness (QED) is 0.861. The molecule has 25 heavy (non-hydrogen) atoms. The van der Waals surface area contributed by atoms with Gasteiger partial charge in [0.15, 0.2) is 0 Å². The van der Waals surface area contributed by atoms with Crippen LogP contribution in [0.5, 0.6) is 0 Å². The molecule has 0 spiro atoms. The van der Waals surface area contributed by atoms with Crippen molar-refractivity contribution in [3.05, 3.63) is 59.2 Å². The van der Waals surface area contributed by atoms with Crippen LogP contribution in [0.1, 0.15) is 23.6 Å². The first-order valence-electron chi connectivity index (χ1n) is 8.17. The number of para-hydroxylation sites is 1. The molecule has 0 saturated heterocycles.